The summed E-state index contributed by atoms with van der Waals surface area (Å²) in [7, 11) is 0. The number of anilines is 1. The number of hydrogen-bond donors (Lipinski definition) is 2. The molecular weight excluding hydrogens is 480 g/mol. The quantitative estimate of drug-likeness (QED) is 0.184. The van der Waals surface area contributed by atoms with Gasteiger partial charge in [-0.25, -0.2) is 9.78 Å². The second-order valence-corrected chi connectivity index (χ2v) is 8.83. The number of ketones is 1. The highest BCUT2D eigenvalue weighted by atomic mass is 16.5. The van der Waals surface area contributed by atoms with Gasteiger partial charge in [-0.3, -0.25) is 9.69 Å². The number of carbonyl (C=O) groups excluding carboxylic acids is 2. The van der Waals surface area contributed by atoms with E-state index in [2.05, 4.69) is 45.9 Å². The van der Waals surface area contributed by atoms with E-state index in [1.54, 1.807) is 25.4 Å². The van der Waals surface area contributed by atoms with Gasteiger partial charge in [0.2, 0.25) is 11.7 Å². The van der Waals surface area contributed by atoms with E-state index in [1.807, 2.05) is 37.3 Å². The summed E-state index contributed by atoms with van der Waals surface area (Å²) < 4.78 is 11.1. The minimum atomic E-state index is -0.739. The molecule has 2 N–H and O–H groups in total. The van der Waals surface area contributed by atoms with Gasteiger partial charge in [-0.15, -0.1) is 0 Å². The SMILES string of the molecule is CCCN(CC)CC#Cc1ccc(NC2=C(C(=O)OCC)C(=O)/C(=C/c3c[nH]c4ncccc34)O2)c(C)c1. The third-order valence-corrected chi connectivity index (χ3v) is 6.14. The zero-order valence-corrected chi connectivity index (χ0v) is 22.2. The summed E-state index contributed by atoms with van der Waals surface area (Å²) >= 11 is 0. The lowest BCUT2D eigenvalue weighted by Gasteiger charge is -2.15. The van der Waals surface area contributed by atoms with Crippen LogP contribution in [0.15, 0.2) is 59.9 Å². The second kappa shape index (κ2) is 12.3. The van der Waals surface area contributed by atoms with E-state index in [4.69, 9.17) is 9.47 Å². The van der Waals surface area contributed by atoms with Crippen LogP contribution < -0.4 is 5.32 Å². The number of nitrogens with one attached hydrogen (secondary N) is 2. The molecule has 1 aliphatic rings. The minimum Gasteiger partial charge on any atom is -0.462 e. The minimum absolute atomic E-state index is 0.0213. The van der Waals surface area contributed by atoms with Gasteiger partial charge < -0.3 is 19.8 Å². The van der Waals surface area contributed by atoms with Crippen molar-refractivity contribution in [2.45, 2.75) is 34.1 Å². The average molecular weight is 513 g/mol. The number of aromatic amines is 1. The first-order chi connectivity index (χ1) is 18.4. The first-order valence-corrected chi connectivity index (χ1v) is 12.8. The van der Waals surface area contributed by atoms with Gasteiger partial charge in [0.05, 0.1) is 13.2 Å². The molecule has 0 radical (unpaired) electrons. The van der Waals surface area contributed by atoms with Crippen molar-refractivity contribution in [3.8, 4) is 11.8 Å². The fourth-order valence-corrected chi connectivity index (χ4v) is 4.17. The summed E-state index contributed by atoms with van der Waals surface area (Å²) in [6.45, 7) is 10.8. The van der Waals surface area contributed by atoms with Gasteiger partial charge in [0.25, 0.3) is 0 Å². The predicted octanol–water partition coefficient (Wildman–Crippen LogP) is 4.78. The van der Waals surface area contributed by atoms with Gasteiger partial charge in [-0.05, 0) is 75.3 Å². The lowest BCUT2D eigenvalue weighted by atomic mass is 10.1. The van der Waals surface area contributed by atoms with Crippen LogP contribution >= 0.6 is 0 Å². The molecule has 0 saturated carbocycles. The molecule has 0 unspecified atom stereocenters. The van der Waals surface area contributed by atoms with Crippen molar-refractivity contribution in [3.63, 3.8) is 0 Å². The third kappa shape index (κ3) is 5.96. The summed E-state index contributed by atoms with van der Waals surface area (Å²) in [5.74, 6) is 5.24. The molecular formula is C30H32N4O4. The second-order valence-electron chi connectivity index (χ2n) is 8.83. The number of pyridine rings is 1. The smallest absolute Gasteiger partial charge is 0.347 e. The number of rotatable bonds is 9. The molecule has 0 saturated heterocycles. The molecule has 2 aromatic heterocycles. The van der Waals surface area contributed by atoms with Crippen LogP contribution in [0, 0.1) is 18.8 Å². The molecule has 8 heteroatoms. The number of aromatic nitrogens is 2. The van der Waals surface area contributed by atoms with Crippen LogP contribution in [0.2, 0.25) is 0 Å². The molecule has 0 aliphatic carbocycles. The number of Topliss-reactive ketones (excluding diaryl/α,β-unsaturated/α-hetero) is 1. The van der Waals surface area contributed by atoms with Crippen LogP contribution in [-0.4, -0.2) is 52.9 Å². The zero-order chi connectivity index (χ0) is 27.1. The fourth-order valence-electron chi connectivity index (χ4n) is 4.17. The number of hydrogen-bond acceptors (Lipinski definition) is 7. The molecule has 3 heterocycles. The summed E-state index contributed by atoms with van der Waals surface area (Å²) in [6.07, 6.45) is 6.11. The number of allylic oxidation sites excluding steroid dienone is 1. The van der Waals surface area contributed by atoms with Crippen LogP contribution in [-0.2, 0) is 19.1 Å². The lowest BCUT2D eigenvalue weighted by Crippen LogP contribution is -2.24. The first-order valence-electron chi connectivity index (χ1n) is 12.8. The maximum absolute atomic E-state index is 13.2. The predicted molar refractivity (Wildman–Crippen MR) is 148 cm³/mol. The number of aryl methyl sites for hydroxylation is 1. The van der Waals surface area contributed by atoms with Gasteiger partial charge in [0, 0.05) is 34.6 Å². The molecule has 0 fully saturated rings. The molecule has 8 nitrogen and oxygen atoms in total. The van der Waals surface area contributed by atoms with Crippen molar-refractivity contribution in [1.29, 1.82) is 0 Å². The molecule has 3 aromatic rings. The molecule has 0 spiro atoms. The van der Waals surface area contributed by atoms with Gasteiger partial charge in [-0.1, -0.05) is 25.7 Å². The molecule has 1 aliphatic heterocycles. The molecule has 4 rings (SSSR count). The van der Waals surface area contributed by atoms with Crippen molar-refractivity contribution in [3.05, 3.63) is 76.6 Å². The van der Waals surface area contributed by atoms with Gasteiger partial charge in [0.1, 0.15) is 5.65 Å². The molecule has 0 atom stereocenters. The van der Waals surface area contributed by atoms with E-state index in [-0.39, 0.29) is 23.8 Å². The van der Waals surface area contributed by atoms with E-state index < -0.39 is 11.8 Å². The molecule has 38 heavy (non-hydrogen) atoms. The van der Waals surface area contributed by atoms with E-state index in [1.165, 1.54) is 0 Å². The number of fused-ring (bicyclic) bond motifs is 1. The molecule has 1 aromatic carbocycles. The van der Waals surface area contributed by atoms with Crippen LogP contribution in [0.3, 0.4) is 0 Å². The Morgan fingerprint density at radius 1 is 1.26 bits per heavy atom. The van der Waals surface area contributed by atoms with E-state index in [0.29, 0.717) is 11.3 Å². The topological polar surface area (TPSA) is 96.6 Å². The number of ether oxygens (including phenoxy) is 2. The Hall–Kier alpha value is -4.35. The number of carbonyl (C=O) groups is 2. The summed E-state index contributed by atoms with van der Waals surface area (Å²) in [6, 6.07) is 9.42. The van der Waals surface area contributed by atoms with Crippen molar-refractivity contribution >= 4 is 34.5 Å². The van der Waals surface area contributed by atoms with Crippen LogP contribution in [0.25, 0.3) is 17.1 Å². The lowest BCUT2D eigenvalue weighted by molar-refractivity contribution is -0.139. The van der Waals surface area contributed by atoms with Gasteiger partial charge in [-0.2, -0.15) is 0 Å². The monoisotopic (exact) mass is 512 g/mol. The molecule has 196 valence electrons. The Balaban J connectivity index is 1.58. The largest absolute Gasteiger partial charge is 0.462 e. The number of nitrogens with zero attached hydrogens (tertiary/aromatic N) is 2. The summed E-state index contributed by atoms with van der Waals surface area (Å²) in [5, 5.41) is 3.95. The summed E-state index contributed by atoms with van der Waals surface area (Å²) in [4.78, 5) is 35.6. The molecule has 0 amide bonds. The fraction of sp³-hybridized carbons (Fsp3) is 0.300. The van der Waals surface area contributed by atoms with E-state index in [0.717, 1.165) is 48.1 Å². The highest BCUT2D eigenvalue weighted by Crippen LogP contribution is 2.31. The first kappa shape index (κ1) is 26.7. The third-order valence-electron chi connectivity index (χ3n) is 6.14. The number of H-pyrrole nitrogens is 1. The van der Waals surface area contributed by atoms with E-state index in [9.17, 15) is 9.59 Å². The Labute approximate surface area is 222 Å². The van der Waals surface area contributed by atoms with Crippen molar-refractivity contribution in [1.82, 2.24) is 14.9 Å². The Morgan fingerprint density at radius 2 is 2.11 bits per heavy atom. The highest BCUT2D eigenvalue weighted by Gasteiger charge is 2.37. The van der Waals surface area contributed by atoms with E-state index >= 15 is 0 Å². The van der Waals surface area contributed by atoms with Crippen LogP contribution in [0.5, 0.6) is 0 Å². The van der Waals surface area contributed by atoms with Crippen molar-refractivity contribution in [2.24, 2.45) is 0 Å². The normalized spacial score (nSPS) is 14.1. The Kier molecular flexibility index (Phi) is 8.62. The standard InChI is InChI=1S/C30H32N4O4/c1-5-15-34(6-2)16-9-10-21-12-13-24(20(4)17-21)33-29-26(30(36)37-7-3)27(35)25(38-29)18-22-19-32-28-23(22)11-8-14-31-28/h8,11-14,17-19,33H,5-7,15-16H2,1-4H3,(H,31,32)/b25-18-. The Bertz CT molecular complexity index is 1470. The maximum atomic E-state index is 13.2. The maximum Gasteiger partial charge on any atom is 0.347 e. The average Bonchev–Trinajstić information content (AvgIpc) is 3.45. The zero-order valence-electron chi connectivity index (χ0n) is 22.2. The Morgan fingerprint density at radius 3 is 2.84 bits per heavy atom. The van der Waals surface area contributed by atoms with Gasteiger partial charge >= 0.3 is 5.97 Å². The van der Waals surface area contributed by atoms with Crippen LogP contribution in [0.1, 0.15) is 43.9 Å². The van der Waals surface area contributed by atoms with Crippen molar-refractivity contribution in [2.75, 3.05) is 31.6 Å². The van der Waals surface area contributed by atoms with Crippen LogP contribution in [0.4, 0.5) is 5.69 Å². The molecule has 0 bridgehead atoms. The summed E-state index contributed by atoms with van der Waals surface area (Å²) in [5.41, 5.74) is 3.71. The van der Waals surface area contributed by atoms with Crippen molar-refractivity contribution < 1.29 is 19.1 Å². The number of esters is 1. The van der Waals surface area contributed by atoms with Gasteiger partial charge in [0.15, 0.2) is 11.3 Å². The highest BCUT2D eigenvalue weighted by molar-refractivity contribution is 6.26. The number of benzene rings is 1.